The Morgan fingerprint density at radius 1 is 1.00 bits per heavy atom. The minimum atomic E-state index is -1.00. The molecule has 164 valence electrons. The minimum absolute atomic E-state index is 0.0862. The molecule has 0 fully saturated rings. The number of nitrogens with zero attached hydrogens (tertiary/aromatic N) is 1. The molecule has 2 aromatic rings. The minimum Gasteiger partial charge on any atom is -0.497 e. The second-order valence-corrected chi connectivity index (χ2v) is 6.90. The number of rotatable bonds is 7. The van der Waals surface area contributed by atoms with Crippen LogP contribution in [0.3, 0.4) is 0 Å². The second-order valence-electron chi connectivity index (χ2n) is 6.50. The fourth-order valence-electron chi connectivity index (χ4n) is 2.44. The SMILES string of the molecule is COc1ccc(OC)c(NC(=O)C(=O)NN=C(C)CC(=O)Nc2ccc(C)c(Cl)c2)c1. The number of benzene rings is 2. The summed E-state index contributed by atoms with van der Waals surface area (Å²) in [5.41, 5.74) is 4.12. The van der Waals surface area contributed by atoms with E-state index in [-0.39, 0.29) is 18.0 Å². The maximum atomic E-state index is 12.1. The van der Waals surface area contributed by atoms with Gasteiger partial charge < -0.3 is 20.1 Å². The van der Waals surface area contributed by atoms with Crippen molar-refractivity contribution < 1.29 is 23.9 Å². The van der Waals surface area contributed by atoms with Gasteiger partial charge in [-0.05, 0) is 43.7 Å². The van der Waals surface area contributed by atoms with Gasteiger partial charge in [0.15, 0.2) is 0 Å². The Morgan fingerprint density at radius 3 is 2.39 bits per heavy atom. The predicted molar refractivity (Wildman–Crippen MR) is 119 cm³/mol. The summed E-state index contributed by atoms with van der Waals surface area (Å²) >= 11 is 6.04. The first-order valence-corrected chi connectivity index (χ1v) is 9.53. The average molecular weight is 447 g/mol. The quantitative estimate of drug-likeness (QED) is 0.343. The monoisotopic (exact) mass is 446 g/mol. The molecule has 0 atom stereocenters. The van der Waals surface area contributed by atoms with Crippen LogP contribution in [-0.4, -0.2) is 37.7 Å². The van der Waals surface area contributed by atoms with Gasteiger partial charge in [-0.15, -0.1) is 0 Å². The van der Waals surface area contributed by atoms with Crippen molar-refractivity contribution in [3.63, 3.8) is 0 Å². The predicted octanol–water partition coefficient (Wildman–Crippen LogP) is 3.13. The van der Waals surface area contributed by atoms with Crippen LogP contribution in [0.5, 0.6) is 11.5 Å². The van der Waals surface area contributed by atoms with Gasteiger partial charge >= 0.3 is 11.8 Å². The molecule has 3 amide bonds. The van der Waals surface area contributed by atoms with Gasteiger partial charge in [0.1, 0.15) is 11.5 Å². The van der Waals surface area contributed by atoms with Gasteiger partial charge in [0.25, 0.3) is 0 Å². The van der Waals surface area contributed by atoms with Crippen LogP contribution < -0.4 is 25.5 Å². The molecular formula is C21H23ClN4O5. The molecule has 0 saturated carbocycles. The zero-order valence-corrected chi connectivity index (χ0v) is 18.3. The molecule has 0 aliphatic heterocycles. The van der Waals surface area contributed by atoms with Crippen molar-refractivity contribution in [2.45, 2.75) is 20.3 Å². The topological polar surface area (TPSA) is 118 Å². The van der Waals surface area contributed by atoms with Crippen molar-refractivity contribution in [2.75, 3.05) is 24.9 Å². The molecule has 9 nitrogen and oxygen atoms in total. The van der Waals surface area contributed by atoms with Crippen LogP contribution in [0.15, 0.2) is 41.5 Å². The van der Waals surface area contributed by atoms with Crippen LogP contribution in [0.25, 0.3) is 0 Å². The number of carbonyl (C=O) groups is 3. The lowest BCUT2D eigenvalue weighted by atomic mass is 10.2. The van der Waals surface area contributed by atoms with Crippen LogP contribution >= 0.6 is 11.6 Å². The van der Waals surface area contributed by atoms with Crippen molar-refractivity contribution >= 4 is 46.4 Å². The summed E-state index contributed by atoms with van der Waals surface area (Å²) in [4.78, 5) is 36.3. The van der Waals surface area contributed by atoms with Gasteiger partial charge in [-0.3, -0.25) is 14.4 Å². The van der Waals surface area contributed by atoms with Crippen LogP contribution in [-0.2, 0) is 14.4 Å². The Bertz CT molecular complexity index is 1020. The van der Waals surface area contributed by atoms with E-state index in [1.54, 1.807) is 37.3 Å². The molecule has 2 aromatic carbocycles. The van der Waals surface area contributed by atoms with Crippen molar-refractivity contribution in [2.24, 2.45) is 5.10 Å². The fourth-order valence-corrected chi connectivity index (χ4v) is 2.62. The van der Waals surface area contributed by atoms with Crippen molar-refractivity contribution in [1.82, 2.24) is 5.43 Å². The Morgan fingerprint density at radius 2 is 1.74 bits per heavy atom. The van der Waals surface area contributed by atoms with E-state index < -0.39 is 11.8 Å². The molecule has 0 spiro atoms. The fraction of sp³-hybridized carbons (Fsp3) is 0.238. The van der Waals surface area contributed by atoms with E-state index in [0.29, 0.717) is 27.9 Å². The number of aryl methyl sites for hydroxylation is 1. The summed E-state index contributed by atoms with van der Waals surface area (Å²) in [7, 11) is 2.90. The number of methoxy groups -OCH3 is 2. The standard InChI is InChI=1S/C21H23ClN4O5/c1-12-5-6-14(10-16(12)22)23-19(27)9-13(2)25-26-21(29)20(28)24-17-11-15(30-3)7-8-18(17)31-4/h5-8,10-11H,9H2,1-4H3,(H,23,27)(H,24,28)(H,26,29). The maximum Gasteiger partial charge on any atom is 0.329 e. The molecule has 0 radical (unpaired) electrons. The first kappa shape index (κ1) is 23.7. The molecule has 0 aliphatic carbocycles. The Balaban J connectivity index is 1.91. The number of hydrogen-bond donors (Lipinski definition) is 3. The van der Waals surface area contributed by atoms with Crippen LogP contribution in [0.1, 0.15) is 18.9 Å². The molecule has 0 bridgehead atoms. The van der Waals surface area contributed by atoms with E-state index >= 15 is 0 Å². The third-order valence-electron chi connectivity index (χ3n) is 4.08. The van der Waals surface area contributed by atoms with Gasteiger partial charge in [0.05, 0.1) is 26.3 Å². The normalized spacial score (nSPS) is 10.8. The molecule has 0 heterocycles. The number of hydrogen-bond acceptors (Lipinski definition) is 6. The molecule has 0 aliphatic rings. The van der Waals surface area contributed by atoms with Gasteiger partial charge in [-0.1, -0.05) is 17.7 Å². The molecule has 0 aromatic heterocycles. The first-order valence-electron chi connectivity index (χ1n) is 9.16. The highest BCUT2D eigenvalue weighted by Gasteiger charge is 2.16. The van der Waals surface area contributed by atoms with Crippen molar-refractivity contribution in [1.29, 1.82) is 0 Å². The van der Waals surface area contributed by atoms with E-state index in [9.17, 15) is 14.4 Å². The molecule has 31 heavy (non-hydrogen) atoms. The Hall–Kier alpha value is -3.59. The highest BCUT2D eigenvalue weighted by atomic mass is 35.5. The Labute approximate surface area is 184 Å². The lowest BCUT2D eigenvalue weighted by Crippen LogP contribution is -2.33. The van der Waals surface area contributed by atoms with Crippen molar-refractivity contribution in [3.05, 3.63) is 47.0 Å². The number of ether oxygens (including phenoxy) is 2. The summed E-state index contributed by atoms with van der Waals surface area (Å²) in [6, 6.07) is 9.91. The average Bonchev–Trinajstić information content (AvgIpc) is 2.74. The number of nitrogens with one attached hydrogen (secondary N) is 3. The second kappa shape index (κ2) is 11.0. The smallest absolute Gasteiger partial charge is 0.329 e. The summed E-state index contributed by atoms with van der Waals surface area (Å²) in [6.45, 7) is 3.40. The van der Waals surface area contributed by atoms with E-state index in [2.05, 4.69) is 21.2 Å². The molecular weight excluding hydrogens is 424 g/mol. The largest absolute Gasteiger partial charge is 0.497 e. The number of amides is 3. The van der Waals surface area contributed by atoms with Gasteiger partial charge in [-0.25, -0.2) is 5.43 Å². The lowest BCUT2D eigenvalue weighted by Gasteiger charge is -2.11. The highest BCUT2D eigenvalue weighted by Crippen LogP contribution is 2.28. The third kappa shape index (κ3) is 7.00. The number of anilines is 2. The van der Waals surface area contributed by atoms with Crippen LogP contribution in [0, 0.1) is 6.92 Å². The van der Waals surface area contributed by atoms with Gasteiger partial charge in [0.2, 0.25) is 5.91 Å². The Kier molecular flexibility index (Phi) is 8.39. The molecule has 3 N–H and O–H groups in total. The van der Waals surface area contributed by atoms with E-state index in [0.717, 1.165) is 5.56 Å². The lowest BCUT2D eigenvalue weighted by molar-refractivity contribution is -0.136. The highest BCUT2D eigenvalue weighted by molar-refractivity contribution is 6.39. The van der Waals surface area contributed by atoms with Crippen LogP contribution in [0.4, 0.5) is 11.4 Å². The number of carbonyl (C=O) groups excluding carboxylic acids is 3. The number of hydrazone groups is 1. The maximum absolute atomic E-state index is 12.1. The van der Waals surface area contributed by atoms with Gasteiger partial charge in [0, 0.05) is 22.5 Å². The third-order valence-corrected chi connectivity index (χ3v) is 4.49. The molecule has 0 unspecified atom stereocenters. The summed E-state index contributed by atoms with van der Waals surface area (Å²) in [6.07, 6.45) is -0.0862. The first-order chi connectivity index (χ1) is 14.7. The van der Waals surface area contributed by atoms with E-state index in [1.807, 2.05) is 6.92 Å². The summed E-state index contributed by atoms with van der Waals surface area (Å²) in [5.74, 6) is -1.47. The summed E-state index contributed by atoms with van der Waals surface area (Å²) in [5, 5.41) is 9.44. The number of halogens is 1. The molecule has 2 rings (SSSR count). The van der Waals surface area contributed by atoms with Gasteiger partial charge in [-0.2, -0.15) is 5.10 Å². The van der Waals surface area contributed by atoms with E-state index in [1.165, 1.54) is 20.3 Å². The zero-order chi connectivity index (χ0) is 23.0. The van der Waals surface area contributed by atoms with Crippen LogP contribution in [0.2, 0.25) is 5.02 Å². The summed E-state index contributed by atoms with van der Waals surface area (Å²) < 4.78 is 10.2. The zero-order valence-electron chi connectivity index (χ0n) is 17.5. The molecule has 0 saturated heterocycles. The van der Waals surface area contributed by atoms with E-state index in [4.69, 9.17) is 21.1 Å². The molecule has 10 heteroatoms. The van der Waals surface area contributed by atoms with Crippen molar-refractivity contribution in [3.8, 4) is 11.5 Å².